The summed E-state index contributed by atoms with van der Waals surface area (Å²) in [5, 5.41) is 0. The van der Waals surface area contributed by atoms with E-state index in [1.165, 1.54) is 31.3 Å². The number of rotatable bonds is 5. The van der Waals surface area contributed by atoms with Crippen LogP contribution in [-0.4, -0.2) is 23.9 Å². The predicted molar refractivity (Wildman–Crippen MR) is 92.4 cm³/mol. The van der Waals surface area contributed by atoms with Gasteiger partial charge in [-0.1, -0.05) is 22.0 Å². The molecule has 0 heterocycles. The average Bonchev–Trinajstić information content (AvgIpc) is 2.49. The molecule has 0 fully saturated rings. The molecular weight excluding hydrogens is 404 g/mol. The summed E-state index contributed by atoms with van der Waals surface area (Å²) in [4.78, 5) is 0.0704. The highest BCUT2D eigenvalue weighted by Gasteiger charge is 2.18. The van der Waals surface area contributed by atoms with E-state index in [4.69, 9.17) is 0 Å². The molecule has 23 heavy (non-hydrogen) atoms. The molecule has 9 heteroatoms. The monoisotopic (exact) mass is 418 g/mol. The number of nitrogens with one attached hydrogen (secondary N) is 2. The molecule has 2 rings (SSSR count). The van der Waals surface area contributed by atoms with Crippen LogP contribution in [0.3, 0.4) is 0 Å². The SMILES string of the molecule is CNS(=O)(=O)c1ccc(C)c(NS(=O)(=O)c2ccc(Br)cc2)c1. The highest BCUT2D eigenvalue weighted by Crippen LogP contribution is 2.24. The molecule has 0 bridgehead atoms. The first kappa shape index (κ1) is 17.9. The first-order chi connectivity index (χ1) is 10.7. The Balaban J connectivity index is 2.43. The van der Waals surface area contributed by atoms with E-state index in [1.54, 1.807) is 25.1 Å². The van der Waals surface area contributed by atoms with E-state index < -0.39 is 20.0 Å². The van der Waals surface area contributed by atoms with Gasteiger partial charge in [0, 0.05) is 4.47 Å². The molecule has 0 aliphatic heterocycles. The topological polar surface area (TPSA) is 92.3 Å². The smallest absolute Gasteiger partial charge is 0.261 e. The van der Waals surface area contributed by atoms with Crippen molar-refractivity contribution in [3.63, 3.8) is 0 Å². The number of halogens is 1. The number of hydrogen-bond donors (Lipinski definition) is 2. The van der Waals surface area contributed by atoms with Gasteiger partial charge < -0.3 is 0 Å². The summed E-state index contributed by atoms with van der Waals surface area (Å²) in [6.07, 6.45) is 0. The van der Waals surface area contributed by atoms with Crippen LogP contribution in [0.1, 0.15) is 5.56 Å². The minimum Gasteiger partial charge on any atom is -0.279 e. The van der Waals surface area contributed by atoms with Gasteiger partial charge in [0.2, 0.25) is 10.0 Å². The molecule has 6 nitrogen and oxygen atoms in total. The second kappa shape index (κ2) is 6.60. The van der Waals surface area contributed by atoms with Gasteiger partial charge in [-0.15, -0.1) is 0 Å². The fraction of sp³-hybridized carbons (Fsp3) is 0.143. The maximum atomic E-state index is 12.4. The van der Waals surface area contributed by atoms with Crippen LogP contribution < -0.4 is 9.44 Å². The maximum Gasteiger partial charge on any atom is 0.261 e. The Morgan fingerprint density at radius 1 is 0.870 bits per heavy atom. The van der Waals surface area contributed by atoms with E-state index in [0.717, 1.165) is 4.47 Å². The Hall–Kier alpha value is -1.42. The lowest BCUT2D eigenvalue weighted by Gasteiger charge is -2.12. The molecular formula is C14H15BrN2O4S2. The third-order valence-corrected chi connectivity index (χ3v) is 6.48. The second-order valence-corrected chi connectivity index (χ2v) is 9.23. The van der Waals surface area contributed by atoms with E-state index >= 15 is 0 Å². The van der Waals surface area contributed by atoms with Crippen molar-refractivity contribution in [2.45, 2.75) is 16.7 Å². The number of hydrogen-bond acceptors (Lipinski definition) is 4. The van der Waals surface area contributed by atoms with Crippen LogP contribution in [0.4, 0.5) is 5.69 Å². The third-order valence-electron chi connectivity index (χ3n) is 3.16. The predicted octanol–water partition coefficient (Wildman–Crippen LogP) is 2.47. The molecule has 0 aliphatic carbocycles. The summed E-state index contributed by atoms with van der Waals surface area (Å²) in [7, 11) is -6.17. The van der Waals surface area contributed by atoms with Crippen molar-refractivity contribution in [3.05, 3.63) is 52.5 Å². The molecule has 0 radical (unpaired) electrons. The zero-order chi connectivity index (χ0) is 17.3. The Kier molecular flexibility index (Phi) is 5.14. The summed E-state index contributed by atoms with van der Waals surface area (Å²) < 4.78 is 53.9. The van der Waals surface area contributed by atoms with Gasteiger partial charge in [0.05, 0.1) is 15.5 Å². The molecule has 2 aromatic carbocycles. The third kappa shape index (κ3) is 4.11. The van der Waals surface area contributed by atoms with E-state index in [1.807, 2.05) is 0 Å². The number of aryl methyl sites for hydroxylation is 1. The van der Waals surface area contributed by atoms with Crippen LogP contribution in [0.15, 0.2) is 56.7 Å². The van der Waals surface area contributed by atoms with Crippen molar-refractivity contribution in [2.75, 3.05) is 11.8 Å². The first-order valence-electron chi connectivity index (χ1n) is 6.48. The summed E-state index contributed by atoms with van der Waals surface area (Å²) in [6, 6.07) is 10.4. The average molecular weight is 419 g/mol. The normalized spacial score (nSPS) is 12.1. The van der Waals surface area contributed by atoms with Gasteiger partial charge in [-0.05, 0) is 55.9 Å². The molecule has 0 atom stereocenters. The van der Waals surface area contributed by atoms with Gasteiger partial charge in [0.25, 0.3) is 10.0 Å². The van der Waals surface area contributed by atoms with Crippen LogP contribution in [0, 0.1) is 6.92 Å². The molecule has 2 N–H and O–H groups in total. The van der Waals surface area contributed by atoms with Gasteiger partial charge in [-0.25, -0.2) is 21.6 Å². The van der Waals surface area contributed by atoms with Gasteiger partial charge in [-0.2, -0.15) is 0 Å². The lowest BCUT2D eigenvalue weighted by Crippen LogP contribution is -2.19. The van der Waals surface area contributed by atoms with Crippen molar-refractivity contribution >= 4 is 41.7 Å². The van der Waals surface area contributed by atoms with Crippen LogP contribution in [0.25, 0.3) is 0 Å². The Morgan fingerprint density at radius 3 is 2.00 bits per heavy atom. The number of benzene rings is 2. The van der Waals surface area contributed by atoms with Gasteiger partial charge in [0.15, 0.2) is 0 Å². The van der Waals surface area contributed by atoms with Crippen LogP contribution >= 0.6 is 15.9 Å². The summed E-state index contributed by atoms with van der Waals surface area (Å²) in [5.74, 6) is 0. The largest absolute Gasteiger partial charge is 0.279 e. The van der Waals surface area contributed by atoms with E-state index in [0.29, 0.717) is 5.56 Å². The van der Waals surface area contributed by atoms with Crippen LogP contribution in [-0.2, 0) is 20.0 Å². The molecule has 2 aromatic rings. The molecule has 0 spiro atoms. The van der Waals surface area contributed by atoms with Crippen LogP contribution in [0.5, 0.6) is 0 Å². The zero-order valence-corrected chi connectivity index (χ0v) is 15.6. The molecule has 0 aromatic heterocycles. The summed E-state index contributed by atoms with van der Waals surface area (Å²) in [6.45, 7) is 1.69. The maximum absolute atomic E-state index is 12.4. The molecule has 0 amide bonds. The lowest BCUT2D eigenvalue weighted by molar-refractivity contribution is 0.588. The standard InChI is InChI=1S/C14H15BrN2O4S2/c1-10-3-6-13(22(18,19)16-2)9-14(10)17-23(20,21)12-7-4-11(15)5-8-12/h3-9,16-17H,1-2H3. The van der Waals surface area contributed by atoms with Crippen molar-refractivity contribution in [1.29, 1.82) is 0 Å². The Labute approximate surface area is 144 Å². The van der Waals surface area contributed by atoms with E-state index in [2.05, 4.69) is 25.4 Å². The molecule has 0 aliphatic rings. The highest BCUT2D eigenvalue weighted by atomic mass is 79.9. The summed E-state index contributed by atoms with van der Waals surface area (Å²) >= 11 is 3.24. The van der Waals surface area contributed by atoms with Crippen molar-refractivity contribution in [2.24, 2.45) is 0 Å². The number of sulfonamides is 2. The van der Waals surface area contributed by atoms with Crippen molar-refractivity contribution < 1.29 is 16.8 Å². The highest BCUT2D eigenvalue weighted by molar-refractivity contribution is 9.10. The second-order valence-electron chi connectivity index (χ2n) is 4.74. The molecule has 124 valence electrons. The minimum atomic E-state index is -3.81. The first-order valence-corrected chi connectivity index (χ1v) is 10.2. The fourth-order valence-corrected chi connectivity index (χ4v) is 3.96. The van der Waals surface area contributed by atoms with E-state index in [9.17, 15) is 16.8 Å². The summed E-state index contributed by atoms with van der Waals surface area (Å²) in [5.41, 5.74) is 0.824. The Bertz CT molecular complexity index is 924. The van der Waals surface area contributed by atoms with Crippen molar-refractivity contribution in [1.82, 2.24) is 4.72 Å². The molecule has 0 saturated carbocycles. The zero-order valence-electron chi connectivity index (χ0n) is 12.4. The quantitative estimate of drug-likeness (QED) is 0.779. The van der Waals surface area contributed by atoms with Crippen LogP contribution in [0.2, 0.25) is 0 Å². The minimum absolute atomic E-state index is 0.0147. The Morgan fingerprint density at radius 2 is 1.43 bits per heavy atom. The van der Waals surface area contributed by atoms with Gasteiger partial charge in [0.1, 0.15) is 0 Å². The molecule has 0 saturated heterocycles. The lowest BCUT2D eigenvalue weighted by atomic mass is 10.2. The molecule has 0 unspecified atom stereocenters. The van der Waals surface area contributed by atoms with Crippen molar-refractivity contribution in [3.8, 4) is 0 Å². The van der Waals surface area contributed by atoms with E-state index in [-0.39, 0.29) is 15.5 Å². The van der Waals surface area contributed by atoms with Gasteiger partial charge >= 0.3 is 0 Å². The number of anilines is 1. The van der Waals surface area contributed by atoms with Gasteiger partial charge in [-0.3, -0.25) is 4.72 Å². The fourth-order valence-electron chi connectivity index (χ4n) is 1.81.